The number of alkyl halides is 4. The van der Waals surface area contributed by atoms with Gasteiger partial charge in [-0.3, -0.25) is 0 Å². The molecular weight excluding hydrogens is 221 g/mol. The van der Waals surface area contributed by atoms with Crippen molar-refractivity contribution in [3.63, 3.8) is 0 Å². The van der Waals surface area contributed by atoms with Gasteiger partial charge >= 0.3 is 6.18 Å². The summed E-state index contributed by atoms with van der Waals surface area (Å²) in [6, 6.07) is 0. The summed E-state index contributed by atoms with van der Waals surface area (Å²) in [4.78, 5) is 0. The maximum Gasteiger partial charge on any atom is 0.389 e. The molecule has 4 heteroatoms. The maximum absolute atomic E-state index is 11.9. The first kappa shape index (κ1) is 11.3. The third-order valence-electron chi connectivity index (χ3n) is 1.80. The Balaban J connectivity index is 4.08. The molecular formula is C7H12BrF3. The predicted octanol–water partition coefficient (Wildman–Crippen LogP) is 3.75. The summed E-state index contributed by atoms with van der Waals surface area (Å²) in [6.45, 7) is 3.40. The van der Waals surface area contributed by atoms with E-state index in [4.69, 9.17) is 0 Å². The van der Waals surface area contributed by atoms with Gasteiger partial charge in [-0.1, -0.05) is 29.8 Å². The molecule has 0 bridgehead atoms. The minimum Gasteiger partial charge on any atom is -0.171 e. The Bertz CT molecular complexity index is 115. The van der Waals surface area contributed by atoms with E-state index in [1.54, 1.807) is 13.8 Å². The molecule has 11 heavy (non-hydrogen) atoms. The smallest absolute Gasteiger partial charge is 0.171 e. The summed E-state index contributed by atoms with van der Waals surface area (Å²) in [5.41, 5.74) is -0.641. The Hall–Kier alpha value is 0.270. The SMILES string of the molecule is CCC(C)(CBr)CC(F)(F)F. The average molecular weight is 233 g/mol. The lowest BCUT2D eigenvalue weighted by molar-refractivity contribution is -0.153. The summed E-state index contributed by atoms with van der Waals surface area (Å²) in [6.07, 6.45) is -4.21. The lowest BCUT2D eigenvalue weighted by atomic mass is 9.86. The van der Waals surface area contributed by atoms with E-state index < -0.39 is 18.0 Å². The second-order valence-electron chi connectivity index (χ2n) is 3.09. The van der Waals surface area contributed by atoms with Crippen LogP contribution in [0.1, 0.15) is 26.7 Å². The molecule has 0 fully saturated rings. The first-order chi connectivity index (χ1) is 4.83. The molecule has 0 spiro atoms. The van der Waals surface area contributed by atoms with Crippen molar-refractivity contribution in [2.24, 2.45) is 5.41 Å². The normalized spacial score (nSPS) is 18.0. The molecule has 0 nitrogen and oxygen atoms in total. The summed E-state index contributed by atoms with van der Waals surface area (Å²) in [5, 5.41) is 0.399. The summed E-state index contributed by atoms with van der Waals surface area (Å²) in [7, 11) is 0. The van der Waals surface area contributed by atoms with Gasteiger partial charge in [0, 0.05) is 11.8 Å². The van der Waals surface area contributed by atoms with Crippen molar-refractivity contribution in [2.45, 2.75) is 32.9 Å². The second kappa shape index (κ2) is 3.78. The van der Waals surface area contributed by atoms with Crippen LogP contribution in [0.3, 0.4) is 0 Å². The van der Waals surface area contributed by atoms with E-state index in [9.17, 15) is 13.2 Å². The third kappa shape index (κ3) is 4.67. The summed E-state index contributed by atoms with van der Waals surface area (Å²) in [5.74, 6) is 0. The number of hydrogen-bond acceptors (Lipinski definition) is 0. The Labute approximate surface area is 73.3 Å². The minimum absolute atomic E-state index is 0.399. The average Bonchev–Trinajstić information content (AvgIpc) is 1.84. The molecule has 0 N–H and O–H groups in total. The minimum atomic E-state index is -4.04. The zero-order valence-electron chi connectivity index (χ0n) is 6.63. The van der Waals surface area contributed by atoms with Crippen LogP contribution < -0.4 is 0 Å². The third-order valence-corrected chi connectivity index (χ3v) is 3.16. The summed E-state index contributed by atoms with van der Waals surface area (Å²) < 4.78 is 35.7. The van der Waals surface area contributed by atoms with Gasteiger partial charge < -0.3 is 0 Å². The zero-order valence-corrected chi connectivity index (χ0v) is 8.22. The Morgan fingerprint density at radius 2 is 1.73 bits per heavy atom. The molecule has 0 rings (SSSR count). The van der Waals surface area contributed by atoms with Crippen LogP contribution in [-0.4, -0.2) is 11.5 Å². The molecule has 0 amide bonds. The van der Waals surface area contributed by atoms with Crippen molar-refractivity contribution in [1.82, 2.24) is 0 Å². The van der Waals surface area contributed by atoms with Gasteiger partial charge in [-0.2, -0.15) is 13.2 Å². The van der Waals surface area contributed by atoms with Gasteiger partial charge in [0.25, 0.3) is 0 Å². The highest BCUT2D eigenvalue weighted by atomic mass is 79.9. The quantitative estimate of drug-likeness (QED) is 0.651. The van der Waals surface area contributed by atoms with Gasteiger partial charge in [-0.15, -0.1) is 0 Å². The Kier molecular flexibility index (Phi) is 3.88. The molecule has 68 valence electrons. The van der Waals surface area contributed by atoms with Gasteiger partial charge in [0.2, 0.25) is 0 Å². The number of hydrogen-bond donors (Lipinski definition) is 0. The van der Waals surface area contributed by atoms with E-state index in [1.165, 1.54) is 0 Å². The highest BCUT2D eigenvalue weighted by molar-refractivity contribution is 9.09. The molecule has 0 aliphatic heterocycles. The maximum atomic E-state index is 11.9. The van der Waals surface area contributed by atoms with E-state index >= 15 is 0 Å². The van der Waals surface area contributed by atoms with Crippen LogP contribution in [0.2, 0.25) is 0 Å². The van der Waals surface area contributed by atoms with E-state index in [2.05, 4.69) is 15.9 Å². The highest BCUT2D eigenvalue weighted by Crippen LogP contribution is 2.36. The monoisotopic (exact) mass is 232 g/mol. The summed E-state index contributed by atoms with van der Waals surface area (Å²) >= 11 is 3.08. The van der Waals surface area contributed by atoms with Crippen LogP contribution in [0.15, 0.2) is 0 Å². The molecule has 0 aromatic carbocycles. The van der Waals surface area contributed by atoms with Gasteiger partial charge in [-0.05, 0) is 11.8 Å². The van der Waals surface area contributed by atoms with Crippen LogP contribution >= 0.6 is 15.9 Å². The predicted molar refractivity (Wildman–Crippen MR) is 42.9 cm³/mol. The fourth-order valence-electron chi connectivity index (χ4n) is 0.751. The van der Waals surface area contributed by atoms with Crippen LogP contribution in [-0.2, 0) is 0 Å². The van der Waals surface area contributed by atoms with Gasteiger partial charge in [0.15, 0.2) is 0 Å². The van der Waals surface area contributed by atoms with Crippen LogP contribution in [0.25, 0.3) is 0 Å². The zero-order chi connectivity index (χ0) is 9.12. The fourth-order valence-corrected chi connectivity index (χ4v) is 1.35. The first-order valence-corrected chi connectivity index (χ1v) is 4.58. The van der Waals surface area contributed by atoms with Crippen LogP contribution in [0.4, 0.5) is 13.2 Å². The van der Waals surface area contributed by atoms with Crippen molar-refractivity contribution in [1.29, 1.82) is 0 Å². The topological polar surface area (TPSA) is 0 Å². The molecule has 1 atom stereocenters. The van der Waals surface area contributed by atoms with Crippen molar-refractivity contribution < 1.29 is 13.2 Å². The molecule has 0 saturated heterocycles. The van der Waals surface area contributed by atoms with Crippen LogP contribution in [0.5, 0.6) is 0 Å². The molecule has 0 heterocycles. The molecule has 0 radical (unpaired) electrons. The standard InChI is InChI=1S/C7H12BrF3/c1-3-6(2,5-8)4-7(9,10)11/h3-5H2,1-2H3. The van der Waals surface area contributed by atoms with Crippen molar-refractivity contribution in [3.05, 3.63) is 0 Å². The first-order valence-electron chi connectivity index (χ1n) is 3.46. The molecule has 0 aliphatic rings. The van der Waals surface area contributed by atoms with E-state index in [1.807, 2.05) is 0 Å². The molecule has 1 unspecified atom stereocenters. The van der Waals surface area contributed by atoms with E-state index in [0.29, 0.717) is 11.8 Å². The molecule has 0 saturated carbocycles. The highest BCUT2D eigenvalue weighted by Gasteiger charge is 2.37. The van der Waals surface area contributed by atoms with E-state index in [-0.39, 0.29) is 0 Å². The van der Waals surface area contributed by atoms with Crippen LogP contribution in [0, 0.1) is 5.41 Å². The number of rotatable bonds is 3. The largest absolute Gasteiger partial charge is 0.389 e. The lowest BCUT2D eigenvalue weighted by Gasteiger charge is -2.26. The number of halogens is 4. The van der Waals surface area contributed by atoms with Gasteiger partial charge in [-0.25, -0.2) is 0 Å². The fraction of sp³-hybridized carbons (Fsp3) is 1.00. The van der Waals surface area contributed by atoms with Crippen molar-refractivity contribution in [2.75, 3.05) is 5.33 Å². The van der Waals surface area contributed by atoms with Gasteiger partial charge in [0.05, 0.1) is 0 Å². The van der Waals surface area contributed by atoms with Crippen molar-refractivity contribution in [3.8, 4) is 0 Å². The van der Waals surface area contributed by atoms with E-state index in [0.717, 1.165) is 0 Å². The second-order valence-corrected chi connectivity index (χ2v) is 3.65. The molecule has 0 aromatic rings. The van der Waals surface area contributed by atoms with Crippen molar-refractivity contribution >= 4 is 15.9 Å². The Morgan fingerprint density at radius 3 is 1.82 bits per heavy atom. The lowest BCUT2D eigenvalue weighted by Crippen LogP contribution is -2.25. The van der Waals surface area contributed by atoms with Gasteiger partial charge in [0.1, 0.15) is 0 Å². The molecule has 0 aliphatic carbocycles. The molecule has 0 aromatic heterocycles. The Morgan fingerprint density at radius 1 is 1.27 bits per heavy atom.